The third-order valence-corrected chi connectivity index (χ3v) is 15.0. The molecule has 0 fully saturated rings. The molecule has 0 atom stereocenters. The van der Waals surface area contributed by atoms with Gasteiger partial charge in [-0.25, -0.2) is 0 Å². The van der Waals surface area contributed by atoms with Gasteiger partial charge in [0.2, 0.25) is 0 Å². The molecule has 0 spiro atoms. The number of rotatable bonds is 42. The maximum Gasteiger partial charge on any atom is 0.0814 e. The maximum absolute atomic E-state index is 2.34. The largest absolute Gasteiger partial charge is 0.324 e. The molecule has 2 heteroatoms. The smallest absolute Gasteiger partial charge is 0.0814 e. The van der Waals surface area contributed by atoms with Crippen molar-refractivity contribution in [3.8, 4) is 0 Å². The van der Waals surface area contributed by atoms with Crippen molar-refractivity contribution >= 4 is 22.5 Å². The quantitative estimate of drug-likeness (QED) is 0.0302. The summed E-state index contributed by atoms with van der Waals surface area (Å²) in [6, 6.07) is 33.7. The summed E-state index contributed by atoms with van der Waals surface area (Å²) in [5.74, 6) is 0. The van der Waals surface area contributed by atoms with Crippen LogP contribution in [0.5, 0.6) is 0 Å². The Hall–Kier alpha value is -2.32. The van der Waals surface area contributed by atoms with Gasteiger partial charge < -0.3 is 4.48 Å². The molecule has 0 heterocycles. The fourth-order valence-electron chi connectivity index (χ4n) is 10.9. The number of quaternary nitrogens is 1. The van der Waals surface area contributed by atoms with Crippen molar-refractivity contribution in [2.45, 2.75) is 259 Å². The van der Waals surface area contributed by atoms with E-state index in [4.69, 9.17) is 0 Å². The second kappa shape index (κ2) is 40.9. The first-order valence-corrected chi connectivity index (χ1v) is 28.8. The SMILES string of the molecule is CCCCCCCCCCCC[B-](c1ccccc1)(c1ccccc1)c1ccccc1.CCCCCCCC[N+](CCCCCCCC)(CCCCCCCC)CCCCCCCC. The van der Waals surface area contributed by atoms with Gasteiger partial charge in [-0.15, -0.1) is 0 Å². The molecule has 0 saturated carbocycles. The topological polar surface area (TPSA) is 0 Å². The summed E-state index contributed by atoms with van der Waals surface area (Å²) in [4.78, 5) is 0. The summed E-state index contributed by atoms with van der Waals surface area (Å²) in [6.45, 7) is 17.5. The van der Waals surface area contributed by atoms with Gasteiger partial charge in [-0.05, 0) is 51.4 Å². The Labute approximate surface area is 401 Å². The van der Waals surface area contributed by atoms with E-state index in [2.05, 4.69) is 126 Å². The molecule has 64 heavy (non-hydrogen) atoms. The molecule has 0 bridgehead atoms. The average molecular weight is 878 g/mol. The number of unbranched alkanes of at least 4 members (excludes halogenated alkanes) is 29. The molecular formula is C62H108BN. The van der Waals surface area contributed by atoms with Crippen LogP contribution >= 0.6 is 0 Å². The molecule has 0 aliphatic carbocycles. The fraction of sp³-hybridized carbons (Fsp3) is 0.710. The van der Waals surface area contributed by atoms with E-state index in [0.717, 1.165) is 0 Å². The molecule has 1 nitrogen and oxygen atoms in total. The van der Waals surface area contributed by atoms with Gasteiger partial charge in [-0.1, -0.05) is 293 Å². The van der Waals surface area contributed by atoms with Gasteiger partial charge in [-0.3, -0.25) is 0 Å². The molecule has 3 aromatic rings. The van der Waals surface area contributed by atoms with Crippen molar-refractivity contribution in [3.05, 3.63) is 91.0 Å². The predicted molar refractivity (Wildman–Crippen MR) is 294 cm³/mol. The zero-order valence-corrected chi connectivity index (χ0v) is 43.8. The number of benzene rings is 3. The van der Waals surface area contributed by atoms with Crippen molar-refractivity contribution in [2.75, 3.05) is 26.2 Å². The van der Waals surface area contributed by atoms with E-state index in [1.165, 1.54) is 272 Å². The Morgan fingerprint density at radius 1 is 0.250 bits per heavy atom. The number of hydrogen-bond acceptors (Lipinski definition) is 0. The van der Waals surface area contributed by atoms with E-state index in [9.17, 15) is 0 Å². The molecule has 0 aliphatic rings. The molecule has 0 radical (unpaired) electrons. The van der Waals surface area contributed by atoms with Gasteiger partial charge in [0.1, 0.15) is 0 Å². The molecule has 0 unspecified atom stereocenters. The molecule has 3 aromatic carbocycles. The van der Waals surface area contributed by atoms with Crippen molar-refractivity contribution in [2.24, 2.45) is 0 Å². The van der Waals surface area contributed by atoms with Crippen LogP contribution < -0.4 is 16.4 Å². The van der Waals surface area contributed by atoms with Crippen LogP contribution in [0.4, 0.5) is 0 Å². The highest BCUT2D eigenvalue weighted by Gasteiger charge is 2.29. The predicted octanol–water partition coefficient (Wildman–Crippen LogP) is 18.3. The molecule has 364 valence electrons. The van der Waals surface area contributed by atoms with Gasteiger partial charge in [0.05, 0.1) is 32.3 Å². The lowest BCUT2D eigenvalue weighted by molar-refractivity contribution is -0.929. The monoisotopic (exact) mass is 878 g/mol. The Morgan fingerprint density at radius 3 is 0.688 bits per heavy atom. The third kappa shape index (κ3) is 26.1. The summed E-state index contributed by atoms with van der Waals surface area (Å²) in [6.07, 6.45) is 48.9. The normalized spacial score (nSPS) is 11.8. The van der Waals surface area contributed by atoms with Gasteiger partial charge in [-0.2, -0.15) is 22.7 Å². The van der Waals surface area contributed by atoms with Crippen LogP contribution in [0, 0.1) is 0 Å². The van der Waals surface area contributed by atoms with Gasteiger partial charge in [0, 0.05) is 0 Å². The highest BCUT2D eigenvalue weighted by molar-refractivity contribution is 7.11. The van der Waals surface area contributed by atoms with Crippen LogP contribution in [0.25, 0.3) is 0 Å². The second-order valence-corrected chi connectivity index (χ2v) is 20.6. The standard InChI is InChI=1S/C32H68N.C30H40B/c1-5-9-13-17-21-25-29-33(30-26-22-18-14-10-6-2,31-27-23-19-15-11-7-3)32-28-24-20-16-12-8-4;1-2-3-4-5-6-7-8-9-10-20-27-31(28-21-14-11-15-22-28,29-23-16-12-17-24-29)30-25-18-13-19-26-30/h5-32H2,1-4H3;11-19,21-26H,2-10,20,27H2,1H3/q+1;-1. The highest BCUT2D eigenvalue weighted by atomic mass is 15.3. The first kappa shape index (κ1) is 57.8. The van der Waals surface area contributed by atoms with Gasteiger partial charge >= 0.3 is 0 Å². The van der Waals surface area contributed by atoms with Crippen LogP contribution in [-0.2, 0) is 0 Å². The Bertz CT molecular complexity index is 1210. The first-order chi connectivity index (χ1) is 31.6. The summed E-state index contributed by atoms with van der Waals surface area (Å²) >= 11 is 0. The Balaban J connectivity index is 0.000000440. The zero-order valence-electron chi connectivity index (χ0n) is 43.8. The number of hydrogen-bond donors (Lipinski definition) is 0. The molecule has 0 aliphatic heterocycles. The van der Waals surface area contributed by atoms with E-state index in [-0.39, 0.29) is 0 Å². The Morgan fingerprint density at radius 2 is 0.453 bits per heavy atom. The lowest BCUT2D eigenvalue weighted by atomic mass is 9.14. The van der Waals surface area contributed by atoms with Crippen molar-refractivity contribution in [3.63, 3.8) is 0 Å². The van der Waals surface area contributed by atoms with Crippen LogP contribution in [0.1, 0.15) is 253 Å². The molecule has 3 rings (SSSR count). The fourth-order valence-corrected chi connectivity index (χ4v) is 10.9. The minimum atomic E-state index is -0.950. The lowest BCUT2D eigenvalue weighted by Crippen LogP contribution is -2.66. The lowest BCUT2D eigenvalue weighted by Gasteiger charge is -2.43. The van der Waals surface area contributed by atoms with Gasteiger partial charge in [0.25, 0.3) is 0 Å². The van der Waals surface area contributed by atoms with Crippen LogP contribution in [0.15, 0.2) is 91.0 Å². The average Bonchev–Trinajstić information content (AvgIpc) is 3.34. The van der Waals surface area contributed by atoms with E-state index < -0.39 is 6.15 Å². The van der Waals surface area contributed by atoms with Crippen LogP contribution in [-0.4, -0.2) is 36.8 Å². The summed E-state index contributed by atoms with van der Waals surface area (Å²) in [5, 5.41) is 0. The van der Waals surface area contributed by atoms with E-state index in [1.807, 2.05) is 0 Å². The molecule has 0 saturated heterocycles. The second-order valence-electron chi connectivity index (χ2n) is 20.6. The summed E-state index contributed by atoms with van der Waals surface area (Å²) in [5.41, 5.74) is 4.41. The van der Waals surface area contributed by atoms with Crippen molar-refractivity contribution < 1.29 is 4.48 Å². The minimum Gasteiger partial charge on any atom is -0.324 e. The molecule has 0 aromatic heterocycles. The maximum atomic E-state index is 2.34. The third-order valence-electron chi connectivity index (χ3n) is 15.0. The molecule has 0 amide bonds. The number of nitrogens with zero attached hydrogens (tertiary/aromatic N) is 1. The first-order valence-electron chi connectivity index (χ1n) is 28.8. The van der Waals surface area contributed by atoms with Crippen molar-refractivity contribution in [1.29, 1.82) is 0 Å². The molecular weight excluding hydrogens is 770 g/mol. The van der Waals surface area contributed by atoms with E-state index in [1.54, 1.807) is 0 Å². The van der Waals surface area contributed by atoms with Gasteiger partial charge in [0.15, 0.2) is 0 Å². The highest BCUT2D eigenvalue weighted by Crippen LogP contribution is 2.22. The van der Waals surface area contributed by atoms with Crippen LogP contribution in [0.2, 0.25) is 6.32 Å². The zero-order chi connectivity index (χ0) is 45.9. The van der Waals surface area contributed by atoms with Crippen molar-refractivity contribution in [1.82, 2.24) is 0 Å². The van der Waals surface area contributed by atoms with E-state index >= 15 is 0 Å². The summed E-state index contributed by atoms with van der Waals surface area (Å²) < 4.78 is 1.48. The molecule has 0 N–H and O–H groups in total. The van der Waals surface area contributed by atoms with Crippen LogP contribution in [0.3, 0.4) is 0 Å². The summed E-state index contributed by atoms with van der Waals surface area (Å²) in [7, 11) is 0. The van der Waals surface area contributed by atoms with E-state index in [0.29, 0.717) is 0 Å². The minimum absolute atomic E-state index is 0.950. The Kier molecular flexibility index (Phi) is 37.0.